The van der Waals surface area contributed by atoms with Crippen LogP contribution in [-0.4, -0.2) is 32.3 Å². The molecule has 0 saturated carbocycles. The van der Waals surface area contributed by atoms with Crippen LogP contribution in [0.25, 0.3) is 0 Å². The van der Waals surface area contributed by atoms with E-state index in [1.54, 1.807) is 0 Å². The summed E-state index contributed by atoms with van der Waals surface area (Å²) in [6, 6.07) is 5.97. The standard InChI is InChI=1S/C15H23N3O2.HI/c1-3-16-15(17-4-2)18-11-12-7-5-8-13-14(12)20-10-6-9-19-13;/h5,7-8H,3-4,6,9-11H2,1-2H3,(H2,16,17,18);1H. The minimum Gasteiger partial charge on any atom is -0.490 e. The van der Waals surface area contributed by atoms with Crippen LogP contribution < -0.4 is 20.1 Å². The average molecular weight is 405 g/mol. The number of hydrogen-bond donors (Lipinski definition) is 2. The Morgan fingerprint density at radius 3 is 2.57 bits per heavy atom. The van der Waals surface area contributed by atoms with Crippen molar-refractivity contribution in [3.8, 4) is 11.5 Å². The van der Waals surface area contributed by atoms with Crippen LogP contribution >= 0.6 is 24.0 Å². The molecule has 1 aliphatic heterocycles. The van der Waals surface area contributed by atoms with Crippen molar-refractivity contribution in [2.75, 3.05) is 26.3 Å². The van der Waals surface area contributed by atoms with Crippen molar-refractivity contribution >= 4 is 29.9 Å². The summed E-state index contributed by atoms with van der Waals surface area (Å²) in [6.45, 7) is 7.77. The molecule has 1 aliphatic rings. The fraction of sp³-hybridized carbons (Fsp3) is 0.533. The average Bonchev–Trinajstić information content (AvgIpc) is 2.71. The molecule has 0 atom stereocenters. The van der Waals surface area contributed by atoms with Gasteiger partial charge >= 0.3 is 0 Å². The number of guanidine groups is 1. The lowest BCUT2D eigenvalue weighted by atomic mass is 10.2. The van der Waals surface area contributed by atoms with Crippen LogP contribution in [-0.2, 0) is 6.54 Å². The van der Waals surface area contributed by atoms with E-state index in [1.165, 1.54) is 0 Å². The van der Waals surface area contributed by atoms with Gasteiger partial charge in [0.15, 0.2) is 17.5 Å². The van der Waals surface area contributed by atoms with Crippen molar-refractivity contribution in [1.29, 1.82) is 0 Å². The Morgan fingerprint density at radius 1 is 1.14 bits per heavy atom. The molecule has 1 heterocycles. The van der Waals surface area contributed by atoms with Gasteiger partial charge in [-0.3, -0.25) is 0 Å². The number of aliphatic imine (C=N–C) groups is 1. The SMILES string of the molecule is CCNC(=NCc1cccc2c1OCCCO2)NCC.I. The highest BCUT2D eigenvalue weighted by Crippen LogP contribution is 2.33. The van der Waals surface area contributed by atoms with Gasteiger partial charge in [0, 0.05) is 25.1 Å². The van der Waals surface area contributed by atoms with E-state index in [0.29, 0.717) is 19.8 Å². The van der Waals surface area contributed by atoms with E-state index in [-0.39, 0.29) is 24.0 Å². The molecule has 0 aliphatic carbocycles. The Kier molecular flexibility index (Phi) is 8.26. The van der Waals surface area contributed by atoms with E-state index >= 15 is 0 Å². The van der Waals surface area contributed by atoms with Crippen LogP contribution in [0.15, 0.2) is 23.2 Å². The first-order chi connectivity index (χ1) is 9.85. The lowest BCUT2D eigenvalue weighted by Gasteiger charge is -2.12. The van der Waals surface area contributed by atoms with E-state index in [2.05, 4.69) is 29.5 Å². The molecule has 5 nitrogen and oxygen atoms in total. The Morgan fingerprint density at radius 2 is 1.86 bits per heavy atom. The van der Waals surface area contributed by atoms with Gasteiger partial charge in [-0.05, 0) is 19.9 Å². The fourth-order valence-electron chi connectivity index (χ4n) is 2.05. The van der Waals surface area contributed by atoms with E-state index in [1.807, 2.05) is 18.2 Å². The Balaban J connectivity index is 0.00000220. The maximum atomic E-state index is 5.80. The topological polar surface area (TPSA) is 54.9 Å². The summed E-state index contributed by atoms with van der Waals surface area (Å²) in [6.07, 6.45) is 0.914. The number of ether oxygens (including phenoxy) is 2. The zero-order chi connectivity index (χ0) is 14.2. The van der Waals surface area contributed by atoms with Crippen LogP contribution in [0.2, 0.25) is 0 Å². The first-order valence-electron chi connectivity index (χ1n) is 7.24. The maximum absolute atomic E-state index is 5.80. The van der Waals surface area contributed by atoms with Gasteiger partial charge in [0.2, 0.25) is 0 Å². The molecule has 0 aromatic heterocycles. The molecule has 1 aromatic carbocycles. The van der Waals surface area contributed by atoms with Gasteiger partial charge in [-0.25, -0.2) is 4.99 Å². The third-order valence-corrected chi connectivity index (χ3v) is 2.95. The van der Waals surface area contributed by atoms with Crippen LogP contribution in [0.1, 0.15) is 25.8 Å². The summed E-state index contributed by atoms with van der Waals surface area (Å²) < 4.78 is 11.5. The zero-order valence-corrected chi connectivity index (χ0v) is 15.0. The highest BCUT2D eigenvalue weighted by molar-refractivity contribution is 14.0. The van der Waals surface area contributed by atoms with Crippen molar-refractivity contribution < 1.29 is 9.47 Å². The first kappa shape index (κ1) is 17.9. The van der Waals surface area contributed by atoms with Crippen molar-refractivity contribution in [3.05, 3.63) is 23.8 Å². The number of fused-ring (bicyclic) bond motifs is 1. The number of benzene rings is 1. The van der Waals surface area contributed by atoms with Crippen LogP contribution in [0.4, 0.5) is 0 Å². The predicted molar refractivity (Wildman–Crippen MR) is 96.0 cm³/mol. The second kappa shape index (κ2) is 9.70. The highest BCUT2D eigenvalue weighted by atomic mass is 127. The molecule has 21 heavy (non-hydrogen) atoms. The Labute approximate surface area is 143 Å². The Bertz CT molecular complexity index is 458. The second-order valence-corrected chi connectivity index (χ2v) is 4.52. The molecule has 2 rings (SSSR count). The van der Waals surface area contributed by atoms with Crippen LogP contribution in [0.5, 0.6) is 11.5 Å². The van der Waals surface area contributed by atoms with Gasteiger partial charge in [0.1, 0.15) is 0 Å². The number of nitrogens with one attached hydrogen (secondary N) is 2. The van der Waals surface area contributed by atoms with Gasteiger partial charge in [-0.1, -0.05) is 12.1 Å². The first-order valence-corrected chi connectivity index (χ1v) is 7.24. The molecule has 0 fully saturated rings. The van der Waals surface area contributed by atoms with Crippen LogP contribution in [0, 0.1) is 0 Å². The summed E-state index contributed by atoms with van der Waals surface area (Å²) in [5.74, 6) is 2.48. The predicted octanol–water partition coefficient (Wildman–Crippen LogP) is 2.54. The normalized spacial score (nSPS) is 12.7. The van der Waals surface area contributed by atoms with E-state index in [0.717, 1.165) is 42.5 Å². The van der Waals surface area contributed by atoms with Crippen molar-refractivity contribution in [3.63, 3.8) is 0 Å². The number of para-hydroxylation sites is 1. The monoisotopic (exact) mass is 405 g/mol. The van der Waals surface area contributed by atoms with Crippen molar-refractivity contribution in [2.24, 2.45) is 4.99 Å². The van der Waals surface area contributed by atoms with Crippen LogP contribution in [0.3, 0.4) is 0 Å². The lowest BCUT2D eigenvalue weighted by Crippen LogP contribution is -2.36. The largest absolute Gasteiger partial charge is 0.490 e. The molecular weight excluding hydrogens is 381 g/mol. The third kappa shape index (κ3) is 5.26. The minimum atomic E-state index is 0. The van der Waals surface area contributed by atoms with Gasteiger partial charge in [0.05, 0.1) is 19.8 Å². The maximum Gasteiger partial charge on any atom is 0.191 e. The molecule has 6 heteroatoms. The van der Waals surface area contributed by atoms with E-state index < -0.39 is 0 Å². The molecule has 0 spiro atoms. The minimum absolute atomic E-state index is 0. The summed E-state index contributed by atoms with van der Waals surface area (Å²) >= 11 is 0. The van der Waals surface area contributed by atoms with Gasteiger partial charge in [-0.2, -0.15) is 0 Å². The molecule has 0 saturated heterocycles. The van der Waals surface area contributed by atoms with Crippen molar-refractivity contribution in [1.82, 2.24) is 10.6 Å². The molecule has 0 amide bonds. The number of rotatable bonds is 4. The summed E-state index contributed by atoms with van der Waals surface area (Å²) in [4.78, 5) is 4.57. The van der Waals surface area contributed by atoms with E-state index in [4.69, 9.17) is 9.47 Å². The van der Waals surface area contributed by atoms with E-state index in [9.17, 15) is 0 Å². The Hall–Kier alpha value is -1.18. The van der Waals surface area contributed by atoms with Gasteiger partial charge in [-0.15, -0.1) is 24.0 Å². The van der Waals surface area contributed by atoms with Gasteiger partial charge < -0.3 is 20.1 Å². The fourth-order valence-corrected chi connectivity index (χ4v) is 2.05. The third-order valence-electron chi connectivity index (χ3n) is 2.95. The lowest BCUT2D eigenvalue weighted by molar-refractivity contribution is 0.296. The quantitative estimate of drug-likeness (QED) is 0.459. The number of halogens is 1. The molecule has 0 unspecified atom stereocenters. The van der Waals surface area contributed by atoms with Gasteiger partial charge in [0.25, 0.3) is 0 Å². The molecule has 0 bridgehead atoms. The summed E-state index contributed by atoms with van der Waals surface area (Å²) in [5.41, 5.74) is 1.05. The molecule has 0 radical (unpaired) electrons. The second-order valence-electron chi connectivity index (χ2n) is 4.52. The van der Waals surface area contributed by atoms with Crippen molar-refractivity contribution in [2.45, 2.75) is 26.8 Å². The summed E-state index contributed by atoms with van der Waals surface area (Å²) in [7, 11) is 0. The molecule has 1 aromatic rings. The smallest absolute Gasteiger partial charge is 0.191 e. The molecule has 118 valence electrons. The molecule has 2 N–H and O–H groups in total. The number of hydrogen-bond acceptors (Lipinski definition) is 3. The molecular formula is C15H24IN3O2. The summed E-state index contributed by atoms with van der Waals surface area (Å²) in [5, 5.41) is 6.43. The zero-order valence-electron chi connectivity index (χ0n) is 12.6. The highest BCUT2D eigenvalue weighted by Gasteiger charge is 2.14. The number of nitrogens with zero attached hydrogens (tertiary/aromatic N) is 1.